The molecule has 0 atom stereocenters. The van der Waals surface area contributed by atoms with Gasteiger partial charge in [0.1, 0.15) is 0 Å². The molecule has 94 valence electrons. The third kappa shape index (κ3) is 2.13. The SMILES string of the molecule is Nc1ccccc1CCn1cnc2c1CCCC2. The highest BCUT2D eigenvalue weighted by Crippen LogP contribution is 2.20. The molecule has 1 heterocycles. The molecule has 3 heteroatoms. The zero-order valence-electron chi connectivity index (χ0n) is 10.6. The van der Waals surface area contributed by atoms with Crippen molar-refractivity contribution in [1.82, 2.24) is 9.55 Å². The average Bonchev–Trinajstić information content (AvgIpc) is 2.81. The van der Waals surface area contributed by atoms with Crippen molar-refractivity contribution in [3.63, 3.8) is 0 Å². The van der Waals surface area contributed by atoms with Crippen LogP contribution in [-0.2, 0) is 25.8 Å². The molecule has 0 unspecified atom stereocenters. The fourth-order valence-corrected chi connectivity index (χ4v) is 2.73. The lowest BCUT2D eigenvalue weighted by Gasteiger charge is -2.14. The predicted molar refractivity (Wildman–Crippen MR) is 73.4 cm³/mol. The van der Waals surface area contributed by atoms with Crippen molar-refractivity contribution in [2.45, 2.75) is 38.6 Å². The number of nitrogens with zero attached hydrogens (tertiary/aromatic N) is 2. The summed E-state index contributed by atoms with van der Waals surface area (Å²) in [6.07, 6.45) is 7.89. The smallest absolute Gasteiger partial charge is 0.0951 e. The summed E-state index contributed by atoms with van der Waals surface area (Å²) >= 11 is 0. The first-order valence-electron chi connectivity index (χ1n) is 6.71. The Morgan fingerprint density at radius 2 is 2.00 bits per heavy atom. The average molecular weight is 241 g/mol. The Morgan fingerprint density at radius 3 is 2.89 bits per heavy atom. The topological polar surface area (TPSA) is 43.8 Å². The molecule has 0 amide bonds. The van der Waals surface area contributed by atoms with Gasteiger partial charge in [-0.2, -0.15) is 0 Å². The van der Waals surface area contributed by atoms with E-state index >= 15 is 0 Å². The van der Waals surface area contributed by atoms with Crippen LogP contribution in [0.1, 0.15) is 29.8 Å². The van der Waals surface area contributed by atoms with Crippen LogP contribution < -0.4 is 5.73 Å². The van der Waals surface area contributed by atoms with Crippen molar-refractivity contribution in [2.75, 3.05) is 5.73 Å². The van der Waals surface area contributed by atoms with Gasteiger partial charge in [0.2, 0.25) is 0 Å². The summed E-state index contributed by atoms with van der Waals surface area (Å²) in [5.41, 5.74) is 10.8. The van der Waals surface area contributed by atoms with Crippen LogP contribution in [0.2, 0.25) is 0 Å². The Balaban J connectivity index is 1.74. The Labute approximate surface area is 108 Å². The second-order valence-electron chi connectivity index (χ2n) is 4.99. The van der Waals surface area contributed by atoms with Gasteiger partial charge in [0.05, 0.1) is 12.0 Å². The summed E-state index contributed by atoms with van der Waals surface area (Å²) in [5.74, 6) is 0. The molecule has 1 aromatic carbocycles. The van der Waals surface area contributed by atoms with Crippen LogP contribution in [0.5, 0.6) is 0 Å². The van der Waals surface area contributed by atoms with Crippen molar-refractivity contribution in [2.24, 2.45) is 0 Å². The second-order valence-corrected chi connectivity index (χ2v) is 4.99. The molecule has 3 rings (SSSR count). The molecular formula is C15H19N3. The van der Waals surface area contributed by atoms with Crippen LogP contribution in [0.25, 0.3) is 0 Å². The number of anilines is 1. The van der Waals surface area contributed by atoms with E-state index in [4.69, 9.17) is 5.73 Å². The first-order valence-corrected chi connectivity index (χ1v) is 6.71. The zero-order chi connectivity index (χ0) is 12.4. The molecule has 0 bridgehead atoms. The highest BCUT2D eigenvalue weighted by Gasteiger charge is 2.14. The van der Waals surface area contributed by atoms with Crippen LogP contribution in [0.15, 0.2) is 30.6 Å². The number of rotatable bonds is 3. The van der Waals surface area contributed by atoms with Gasteiger partial charge in [0.15, 0.2) is 0 Å². The standard InChI is InChI=1S/C15H19N3/c16-13-6-2-1-5-12(13)9-10-18-11-17-14-7-3-4-8-15(14)18/h1-2,5-6,11H,3-4,7-10,16H2. The Kier molecular flexibility index (Phi) is 3.05. The van der Waals surface area contributed by atoms with Gasteiger partial charge >= 0.3 is 0 Å². The molecule has 2 aromatic rings. The molecule has 1 aliphatic rings. The number of fused-ring (bicyclic) bond motifs is 1. The Bertz CT molecular complexity index is 542. The van der Waals surface area contributed by atoms with Crippen molar-refractivity contribution in [3.05, 3.63) is 47.5 Å². The van der Waals surface area contributed by atoms with Crippen LogP contribution in [-0.4, -0.2) is 9.55 Å². The van der Waals surface area contributed by atoms with Gasteiger partial charge in [-0.05, 0) is 43.7 Å². The fraction of sp³-hybridized carbons (Fsp3) is 0.400. The van der Waals surface area contributed by atoms with E-state index in [0.717, 1.165) is 25.1 Å². The molecule has 1 aromatic heterocycles. The highest BCUT2D eigenvalue weighted by molar-refractivity contribution is 5.46. The molecule has 0 fully saturated rings. The number of para-hydroxylation sites is 1. The molecule has 18 heavy (non-hydrogen) atoms. The fourth-order valence-electron chi connectivity index (χ4n) is 2.73. The number of benzene rings is 1. The molecule has 0 saturated heterocycles. The van der Waals surface area contributed by atoms with Crippen molar-refractivity contribution < 1.29 is 0 Å². The molecule has 0 spiro atoms. The zero-order valence-corrected chi connectivity index (χ0v) is 10.6. The van der Waals surface area contributed by atoms with Crippen molar-refractivity contribution in [1.29, 1.82) is 0 Å². The van der Waals surface area contributed by atoms with Crippen molar-refractivity contribution >= 4 is 5.69 Å². The van der Waals surface area contributed by atoms with Gasteiger partial charge in [-0.25, -0.2) is 4.98 Å². The van der Waals surface area contributed by atoms with Crippen LogP contribution in [0, 0.1) is 0 Å². The van der Waals surface area contributed by atoms with E-state index in [9.17, 15) is 0 Å². The van der Waals surface area contributed by atoms with Crippen LogP contribution in [0.3, 0.4) is 0 Å². The molecule has 0 aliphatic heterocycles. The summed E-state index contributed by atoms with van der Waals surface area (Å²) in [4.78, 5) is 4.52. The summed E-state index contributed by atoms with van der Waals surface area (Å²) in [5, 5.41) is 0. The minimum absolute atomic E-state index is 0.895. The molecule has 1 aliphatic carbocycles. The normalized spacial score (nSPS) is 14.4. The molecule has 3 nitrogen and oxygen atoms in total. The molecule has 0 radical (unpaired) electrons. The molecule has 0 saturated carbocycles. The predicted octanol–water partition coefficient (Wildman–Crippen LogP) is 2.59. The summed E-state index contributed by atoms with van der Waals surface area (Å²) < 4.78 is 2.31. The van der Waals surface area contributed by atoms with Gasteiger partial charge in [-0.1, -0.05) is 18.2 Å². The molecular weight excluding hydrogens is 222 g/mol. The number of nitrogen functional groups attached to an aromatic ring is 1. The number of hydrogen-bond acceptors (Lipinski definition) is 2. The number of hydrogen-bond donors (Lipinski definition) is 1. The lowest BCUT2D eigenvalue weighted by atomic mass is 10.0. The van der Waals surface area contributed by atoms with E-state index in [0.29, 0.717) is 0 Å². The minimum Gasteiger partial charge on any atom is -0.399 e. The summed E-state index contributed by atoms with van der Waals surface area (Å²) in [6, 6.07) is 8.12. The highest BCUT2D eigenvalue weighted by atomic mass is 15.1. The third-order valence-corrected chi connectivity index (χ3v) is 3.79. The maximum Gasteiger partial charge on any atom is 0.0951 e. The summed E-state index contributed by atoms with van der Waals surface area (Å²) in [6.45, 7) is 0.983. The maximum absolute atomic E-state index is 5.97. The van der Waals surface area contributed by atoms with Gasteiger partial charge in [0.25, 0.3) is 0 Å². The van der Waals surface area contributed by atoms with Gasteiger partial charge in [-0.3, -0.25) is 0 Å². The van der Waals surface area contributed by atoms with E-state index in [1.54, 1.807) is 0 Å². The second kappa shape index (κ2) is 4.84. The van der Waals surface area contributed by atoms with Crippen LogP contribution >= 0.6 is 0 Å². The van der Waals surface area contributed by atoms with E-state index < -0.39 is 0 Å². The van der Waals surface area contributed by atoms with E-state index in [1.165, 1.54) is 36.2 Å². The van der Waals surface area contributed by atoms with E-state index in [1.807, 2.05) is 18.5 Å². The van der Waals surface area contributed by atoms with Gasteiger partial charge in [0, 0.05) is 17.9 Å². The van der Waals surface area contributed by atoms with Crippen molar-refractivity contribution in [3.8, 4) is 0 Å². The monoisotopic (exact) mass is 241 g/mol. The van der Waals surface area contributed by atoms with E-state index in [2.05, 4.69) is 21.7 Å². The number of imidazole rings is 1. The number of aromatic nitrogens is 2. The number of nitrogens with two attached hydrogens (primary N) is 1. The first-order chi connectivity index (χ1) is 8.84. The third-order valence-electron chi connectivity index (χ3n) is 3.79. The largest absolute Gasteiger partial charge is 0.399 e. The van der Waals surface area contributed by atoms with E-state index in [-0.39, 0.29) is 0 Å². The minimum atomic E-state index is 0.895. The lowest BCUT2D eigenvalue weighted by Crippen LogP contribution is -2.10. The first kappa shape index (κ1) is 11.3. The van der Waals surface area contributed by atoms with Gasteiger partial charge in [-0.15, -0.1) is 0 Å². The lowest BCUT2D eigenvalue weighted by molar-refractivity contribution is 0.603. The van der Waals surface area contributed by atoms with Crippen LogP contribution in [0.4, 0.5) is 5.69 Å². The Morgan fingerprint density at radius 1 is 1.17 bits per heavy atom. The maximum atomic E-state index is 5.97. The van der Waals surface area contributed by atoms with Gasteiger partial charge < -0.3 is 10.3 Å². The summed E-state index contributed by atoms with van der Waals surface area (Å²) in [7, 11) is 0. The quantitative estimate of drug-likeness (QED) is 0.839. The Hall–Kier alpha value is -1.77. The molecule has 2 N–H and O–H groups in total. The number of aryl methyl sites for hydroxylation is 3.